The molecule has 0 amide bonds. The summed E-state index contributed by atoms with van der Waals surface area (Å²) in [5.41, 5.74) is 9.90. The second kappa shape index (κ2) is 6.20. The van der Waals surface area contributed by atoms with Gasteiger partial charge in [-0.05, 0) is 41.9 Å². The third-order valence-electron chi connectivity index (χ3n) is 3.44. The molecule has 106 valence electrons. The number of carbonyl (C=O) groups is 1. The fourth-order valence-corrected chi connectivity index (χ4v) is 2.19. The van der Waals surface area contributed by atoms with Crippen molar-refractivity contribution in [2.45, 2.75) is 58.4 Å². The maximum atomic E-state index is 10.5. The summed E-state index contributed by atoms with van der Waals surface area (Å²) in [5, 5.41) is 8.64. The van der Waals surface area contributed by atoms with Gasteiger partial charge in [0.25, 0.3) is 0 Å². The Hall–Kier alpha value is -1.35. The fraction of sp³-hybridized carbons (Fsp3) is 0.562. The van der Waals surface area contributed by atoms with Gasteiger partial charge in [0.05, 0.1) is 0 Å². The number of rotatable bonds is 5. The Bertz CT molecular complexity index is 447. The molecule has 0 spiro atoms. The number of benzene rings is 1. The molecule has 0 fully saturated rings. The topological polar surface area (TPSA) is 63.3 Å². The lowest BCUT2D eigenvalue weighted by atomic mass is 9.84. The lowest BCUT2D eigenvalue weighted by molar-refractivity contribution is -0.137. The standard InChI is InChI=1S/C16H25NO2/c1-11-10-12(16(2,3)4)8-9-13(11)14(17)6-5-7-15(18)19/h8-10,14H,5-7,17H2,1-4H3,(H,18,19). The minimum absolute atomic E-state index is 0.0756. The molecular weight excluding hydrogens is 238 g/mol. The van der Waals surface area contributed by atoms with Crippen molar-refractivity contribution in [3.8, 4) is 0 Å². The second-order valence-corrected chi connectivity index (χ2v) is 6.21. The van der Waals surface area contributed by atoms with Gasteiger partial charge < -0.3 is 10.8 Å². The van der Waals surface area contributed by atoms with Gasteiger partial charge in [0, 0.05) is 12.5 Å². The predicted molar refractivity (Wildman–Crippen MR) is 78.3 cm³/mol. The number of aryl methyl sites for hydroxylation is 1. The summed E-state index contributed by atoms with van der Waals surface area (Å²) in [4.78, 5) is 10.5. The van der Waals surface area contributed by atoms with Gasteiger partial charge in [0.2, 0.25) is 0 Å². The first kappa shape index (κ1) is 15.7. The van der Waals surface area contributed by atoms with Crippen molar-refractivity contribution in [2.24, 2.45) is 5.73 Å². The summed E-state index contributed by atoms with van der Waals surface area (Å²) in [6.07, 6.45) is 1.52. The highest BCUT2D eigenvalue weighted by molar-refractivity contribution is 5.66. The monoisotopic (exact) mass is 263 g/mol. The van der Waals surface area contributed by atoms with E-state index in [1.165, 1.54) is 11.1 Å². The third-order valence-corrected chi connectivity index (χ3v) is 3.44. The number of aliphatic carboxylic acids is 1. The van der Waals surface area contributed by atoms with E-state index >= 15 is 0 Å². The Morgan fingerprint density at radius 2 is 2.00 bits per heavy atom. The van der Waals surface area contributed by atoms with E-state index in [0.29, 0.717) is 12.8 Å². The van der Waals surface area contributed by atoms with E-state index in [1.54, 1.807) is 0 Å². The predicted octanol–water partition coefficient (Wildman–Crippen LogP) is 3.55. The molecule has 0 aliphatic carbocycles. The lowest BCUT2D eigenvalue weighted by Gasteiger charge is -2.22. The quantitative estimate of drug-likeness (QED) is 0.854. The van der Waals surface area contributed by atoms with Crippen LogP contribution >= 0.6 is 0 Å². The van der Waals surface area contributed by atoms with Crippen LogP contribution in [0.2, 0.25) is 0 Å². The van der Waals surface area contributed by atoms with Crippen molar-refractivity contribution in [2.75, 3.05) is 0 Å². The van der Waals surface area contributed by atoms with E-state index < -0.39 is 5.97 Å². The van der Waals surface area contributed by atoms with Crippen molar-refractivity contribution in [3.05, 3.63) is 34.9 Å². The summed E-state index contributed by atoms with van der Waals surface area (Å²) >= 11 is 0. The van der Waals surface area contributed by atoms with Gasteiger partial charge in [-0.3, -0.25) is 4.79 Å². The largest absolute Gasteiger partial charge is 0.481 e. The van der Waals surface area contributed by atoms with Crippen LogP contribution in [0, 0.1) is 6.92 Å². The van der Waals surface area contributed by atoms with Crippen molar-refractivity contribution >= 4 is 5.97 Å². The van der Waals surface area contributed by atoms with E-state index in [-0.39, 0.29) is 17.9 Å². The van der Waals surface area contributed by atoms with E-state index in [2.05, 4.69) is 45.9 Å². The second-order valence-electron chi connectivity index (χ2n) is 6.21. The molecule has 0 aliphatic heterocycles. The zero-order chi connectivity index (χ0) is 14.6. The molecule has 3 nitrogen and oxygen atoms in total. The molecule has 0 heterocycles. The van der Waals surface area contributed by atoms with Gasteiger partial charge in [-0.2, -0.15) is 0 Å². The maximum Gasteiger partial charge on any atom is 0.303 e. The van der Waals surface area contributed by atoms with Crippen LogP contribution < -0.4 is 5.73 Å². The molecule has 1 atom stereocenters. The lowest BCUT2D eigenvalue weighted by Crippen LogP contribution is -2.15. The first-order valence-corrected chi connectivity index (χ1v) is 6.80. The summed E-state index contributed by atoms with van der Waals surface area (Å²) in [6.45, 7) is 8.64. The van der Waals surface area contributed by atoms with E-state index in [0.717, 1.165) is 5.56 Å². The Labute approximate surface area is 115 Å². The third kappa shape index (κ3) is 4.67. The molecule has 3 heteroatoms. The average Bonchev–Trinajstić information content (AvgIpc) is 2.26. The average molecular weight is 263 g/mol. The number of carboxylic acids is 1. The molecule has 1 aromatic carbocycles. The highest BCUT2D eigenvalue weighted by atomic mass is 16.4. The first-order valence-electron chi connectivity index (χ1n) is 6.80. The molecule has 0 saturated heterocycles. The summed E-state index contributed by atoms with van der Waals surface area (Å²) in [6, 6.07) is 6.32. The van der Waals surface area contributed by atoms with Crippen molar-refractivity contribution in [1.82, 2.24) is 0 Å². The Balaban J connectivity index is 2.76. The molecule has 19 heavy (non-hydrogen) atoms. The smallest absolute Gasteiger partial charge is 0.303 e. The minimum Gasteiger partial charge on any atom is -0.481 e. The summed E-state index contributed by atoms with van der Waals surface area (Å²) in [7, 11) is 0. The molecule has 0 radical (unpaired) electrons. The molecule has 3 N–H and O–H groups in total. The SMILES string of the molecule is Cc1cc(C(C)(C)C)ccc1C(N)CCCC(=O)O. The molecule has 0 bridgehead atoms. The highest BCUT2D eigenvalue weighted by Gasteiger charge is 2.16. The van der Waals surface area contributed by atoms with Gasteiger partial charge in [0.1, 0.15) is 0 Å². The van der Waals surface area contributed by atoms with Crippen molar-refractivity contribution < 1.29 is 9.90 Å². The van der Waals surface area contributed by atoms with Crippen LogP contribution in [0.5, 0.6) is 0 Å². The van der Waals surface area contributed by atoms with Crippen molar-refractivity contribution in [1.29, 1.82) is 0 Å². The van der Waals surface area contributed by atoms with Gasteiger partial charge in [-0.25, -0.2) is 0 Å². The van der Waals surface area contributed by atoms with Gasteiger partial charge in [-0.15, -0.1) is 0 Å². The van der Waals surface area contributed by atoms with Crippen LogP contribution in [-0.2, 0) is 10.2 Å². The number of nitrogens with two attached hydrogens (primary N) is 1. The molecule has 0 aliphatic rings. The molecule has 0 aromatic heterocycles. The van der Waals surface area contributed by atoms with E-state index in [4.69, 9.17) is 10.8 Å². The van der Waals surface area contributed by atoms with Crippen LogP contribution in [0.4, 0.5) is 0 Å². The number of hydrogen-bond donors (Lipinski definition) is 2. The van der Waals surface area contributed by atoms with Crippen LogP contribution in [0.1, 0.15) is 62.8 Å². The summed E-state index contributed by atoms with van der Waals surface area (Å²) < 4.78 is 0. The zero-order valence-electron chi connectivity index (χ0n) is 12.4. The van der Waals surface area contributed by atoms with E-state index in [9.17, 15) is 4.79 Å². The van der Waals surface area contributed by atoms with E-state index in [1.807, 2.05) is 0 Å². The van der Waals surface area contributed by atoms with Crippen LogP contribution in [0.3, 0.4) is 0 Å². The van der Waals surface area contributed by atoms with Crippen LogP contribution in [-0.4, -0.2) is 11.1 Å². The van der Waals surface area contributed by atoms with Crippen molar-refractivity contribution in [3.63, 3.8) is 0 Å². The molecule has 1 aromatic rings. The molecule has 1 unspecified atom stereocenters. The minimum atomic E-state index is -0.757. The Morgan fingerprint density at radius 3 is 2.47 bits per heavy atom. The molecule has 0 saturated carbocycles. The molecular formula is C16H25NO2. The Kier molecular flexibility index (Phi) is 5.12. The zero-order valence-corrected chi connectivity index (χ0v) is 12.4. The summed E-state index contributed by atoms with van der Waals surface area (Å²) in [5.74, 6) is -0.757. The fourth-order valence-electron chi connectivity index (χ4n) is 2.19. The number of hydrogen-bond acceptors (Lipinski definition) is 2. The highest BCUT2D eigenvalue weighted by Crippen LogP contribution is 2.27. The Morgan fingerprint density at radius 1 is 1.37 bits per heavy atom. The first-order chi connectivity index (χ1) is 8.71. The number of carboxylic acid groups (broad SMARTS) is 1. The van der Waals surface area contributed by atoms with Crippen LogP contribution in [0.15, 0.2) is 18.2 Å². The molecule has 1 rings (SSSR count). The van der Waals surface area contributed by atoms with Gasteiger partial charge >= 0.3 is 5.97 Å². The van der Waals surface area contributed by atoms with Gasteiger partial charge in [0.15, 0.2) is 0 Å². The maximum absolute atomic E-state index is 10.5. The normalized spacial score (nSPS) is 13.3. The van der Waals surface area contributed by atoms with Crippen LogP contribution in [0.25, 0.3) is 0 Å². The van der Waals surface area contributed by atoms with Gasteiger partial charge in [-0.1, -0.05) is 39.0 Å².